The average molecular weight is 219 g/mol. The molecular weight excluding hydrogens is 202 g/mol. The minimum atomic E-state index is -0.763. The van der Waals surface area contributed by atoms with Crippen molar-refractivity contribution in [2.24, 2.45) is 5.92 Å². The summed E-state index contributed by atoms with van der Waals surface area (Å²) in [6.45, 7) is 3.00. The Labute approximate surface area is 95.7 Å². The Bertz CT molecular complexity index is 368. The van der Waals surface area contributed by atoms with E-state index in [-0.39, 0.29) is 6.54 Å². The molecule has 1 aliphatic rings. The molecule has 1 aromatic carbocycles. The van der Waals surface area contributed by atoms with Gasteiger partial charge in [-0.25, -0.2) is 0 Å². The number of benzene rings is 1. The van der Waals surface area contributed by atoms with Gasteiger partial charge in [0.1, 0.15) is 6.54 Å². The number of carboxylic acids is 1. The molecule has 86 valence electrons. The third-order valence-corrected chi connectivity index (χ3v) is 2.90. The van der Waals surface area contributed by atoms with E-state index < -0.39 is 5.97 Å². The van der Waals surface area contributed by atoms with E-state index >= 15 is 0 Å². The molecule has 0 heterocycles. The lowest BCUT2D eigenvalue weighted by molar-refractivity contribution is -0.135. The Balaban J connectivity index is 2.09. The lowest BCUT2D eigenvalue weighted by atomic mass is 10.2. The molecular formula is C13H17NO2. The fraction of sp³-hybridized carbons (Fsp3) is 0.462. The van der Waals surface area contributed by atoms with Crippen LogP contribution in [-0.4, -0.2) is 24.2 Å². The molecule has 1 fully saturated rings. The van der Waals surface area contributed by atoms with Gasteiger partial charge in [-0.05, 0) is 37.8 Å². The lowest BCUT2D eigenvalue weighted by Crippen LogP contribution is -2.31. The minimum absolute atomic E-state index is 0.0968. The molecule has 2 rings (SSSR count). The average Bonchev–Trinajstić information content (AvgIpc) is 3.01. The first-order valence-electron chi connectivity index (χ1n) is 5.68. The second-order valence-electron chi connectivity index (χ2n) is 4.55. The summed E-state index contributed by atoms with van der Waals surface area (Å²) in [5.74, 6) is -0.0677. The number of anilines is 1. The molecule has 0 spiro atoms. The molecule has 3 heteroatoms. The van der Waals surface area contributed by atoms with Crippen molar-refractivity contribution < 1.29 is 9.90 Å². The summed E-state index contributed by atoms with van der Waals surface area (Å²) in [5.41, 5.74) is 2.21. The van der Waals surface area contributed by atoms with Crippen molar-refractivity contribution in [3.05, 3.63) is 29.8 Å². The van der Waals surface area contributed by atoms with Gasteiger partial charge in [0, 0.05) is 12.2 Å². The molecule has 1 N–H and O–H groups in total. The van der Waals surface area contributed by atoms with Gasteiger partial charge < -0.3 is 10.0 Å². The smallest absolute Gasteiger partial charge is 0.323 e. The van der Waals surface area contributed by atoms with Crippen molar-refractivity contribution in [1.29, 1.82) is 0 Å². The van der Waals surface area contributed by atoms with Gasteiger partial charge in [0.2, 0.25) is 0 Å². The highest BCUT2D eigenvalue weighted by atomic mass is 16.4. The second-order valence-corrected chi connectivity index (χ2v) is 4.55. The van der Waals surface area contributed by atoms with Crippen LogP contribution in [0.25, 0.3) is 0 Å². The van der Waals surface area contributed by atoms with Crippen LogP contribution in [0.4, 0.5) is 5.69 Å². The van der Waals surface area contributed by atoms with Crippen molar-refractivity contribution in [3.8, 4) is 0 Å². The standard InChI is InChI=1S/C13H17NO2/c1-10-2-6-12(7-3-10)14(9-13(15)16)8-11-4-5-11/h2-3,6-7,11H,4-5,8-9H2,1H3,(H,15,16). The predicted molar refractivity (Wildman–Crippen MR) is 63.8 cm³/mol. The van der Waals surface area contributed by atoms with Crippen LogP contribution in [0.3, 0.4) is 0 Å². The normalized spacial score (nSPS) is 14.8. The number of nitrogens with zero attached hydrogens (tertiary/aromatic N) is 1. The van der Waals surface area contributed by atoms with E-state index in [2.05, 4.69) is 0 Å². The lowest BCUT2D eigenvalue weighted by Gasteiger charge is -2.22. The van der Waals surface area contributed by atoms with E-state index in [1.165, 1.54) is 18.4 Å². The van der Waals surface area contributed by atoms with Gasteiger partial charge >= 0.3 is 5.97 Å². The number of aryl methyl sites for hydroxylation is 1. The minimum Gasteiger partial charge on any atom is -0.480 e. The summed E-state index contributed by atoms with van der Waals surface area (Å²) < 4.78 is 0. The first-order valence-corrected chi connectivity index (χ1v) is 5.68. The van der Waals surface area contributed by atoms with Crippen LogP contribution in [0.5, 0.6) is 0 Å². The maximum absolute atomic E-state index is 10.8. The van der Waals surface area contributed by atoms with Crippen LogP contribution in [0.1, 0.15) is 18.4 Å². The highest BCUT2D eigenvalue weighted by Crippen LogP contribution is 2.31. The fourth-order valence-electron chi connectivity index (χ4n) is 1.79. The Kier molecular flexibility index (Phi) is 3.13. The quantitative estimate of drug-likeness (QED) is 0.826. The van der Waals surface area contributed by atoms with Crippen molar-refractivity contribution in [2.45, 2.75) is 19.8 Å². The molecule has 0 radical (unpaired) electrons. The van der Waals surface area contributed by atoms with E-state index in [4.69, 9.17) is 5.11 Å². The van der Waals surface area contributed by atoms with Crippen LogP contribution < -0.4 is 4.90 Å². The summed E-state index contributed by atoms with van der Waals surface area (Å²) in [5, 5.41) is 8.89. The van der Waals surface area contributed by atoms with Gasteiger partial charge in [-0.2, -0.15) is 0 Å². The van der Waals surface area contributed by atoms with Crippen molar-refractivity contribution >= 4 is 11.7 Å². The third-order valence-electron chi connectivity index (χ3n) is 2.90. The number of carboxylic acid groups (broad SMARTS) is 1. The number of hydrogen-bond acceptors (Lipinski definition) is 2. The predicted octanol–water partition coefficient (Wildman–Crippen LogP) is 2.30. The van der Waals surface area contributed by atoms with Crippen LogP contribution in [0, 0.1) is 12.8 Å². The Hall–Kier alpha value is -1.51. The van der Waals surface area contributed by atoms with Crippen LogP contribution >= 0.6 is 0 Å². The number of carbonyl (C=O) groups is 1. The maximum atomic E-state index is 10.8. The van der Waals surface area contributed by atoms with Gasteiger partial charge in [0.05, 0.1) is 0 Å². The zero-order valence-electron chi connectivity index (χ0n) is 9.52. The van der Waals surface area contributed by atoms with Gasteiger partial charge in [0.15, 0.2) is 0 Å². The third kappa shape index (κ3) is 2.99. The molecule has 16 heavy (non-hydrogen) atoms. The second kappa shape index (κ2) is 4.56. The van der Waals surface area contributed by atoms with Gasteiger partial charge in [-0.3, -0.25) is 4.79 Å². The van der Waals surface area contributed by atoms with E-state index in [9.17, 15) is 4.79 Å². The molecule has 0 amide bonds. The molecule has 0 atom stereocenters. The van der Waals surface area contributed by atoms with Crippen LogP contribution in [-0.2, 0) is 4.79 Å². The highest BCUT2D eigenvalue weighted by Gasteiger charge is 2.25. The van der Waals surface area contributed by atoms with Crippen molar-refractivity contribution in [1.82, 2.24) is 0 Å². The molecule has 0 aliphatic heterocycles. The van der Waals surface area contributed by atoms with E-state index in [0.29, 0.717) is 5.92 Å². The van der Waals surface area contributed by atoms with Crippen LogP contribution in [0.2, 0.25) is 0 Å². The van der Waals surface area contributed by atoms with Gasteiger partial charge in [-0.15, -0.1) is 0 Å². The molecule has 0 aromatic heterocycles. The summed E-state index contributed by atoms with van der Waals surface area (Å²) >= 11 is 0. The van der Waals surface area contributed by atoms with E-state index in [1.54, 1.807) is 0 Å². The Morgan fingerprint density at radius 3 is 2.50 bits per heavy atom. The number of rotatable bonds is 5. The maximum Gasteiger partial charge on any atom is 0.323 e. The zero-order chi connectivity index (χ0) is 11.5. The van der Waals surface area contributed by atoms with E-state index in [0.717, 1.165) is 12.2 Å². The van der Waals surface area contributed by atoms with Crippen molar-refractivity contribution in [3.63, 3.8) is 0 Å². The first-order chi connectivity index (χ1) is 7.65. The topological polar surface area (TPSA) is 40.5 Å². The number of hydrogen-bond donors (Lipinski definition) is 1. The van der Waals surface area contributed by atoms with Gasteiger partial charge in [-0.1, -0.05) is 17.7 Å². The molecule has 3 nitrogen and oxygen atoms in total. The molecule has 1 aliphatic carbocycles. The van der Waals surface area contributed by atoms with Crippen LogP contribution in [0.15, 0.2) is 24.3 Å². The molecule has 1 saturated carbocycles. The number of aliphatic carboxylic acids is 1. The largest absolute Gasteiger partial charge is 0.480 e. The molecule has 0 bridgehead atoms. The molecule has 1 aromatic rings. The SMILES string of the molecule is Cc1ccc(N(CC(=O)O)CC2CC2)cc1. The summed E-state index contributed by atoms with van der Waals surface area (Å²) in [7, 11) is 0. The summed E-state index contributed by atoms with van der Waals surface area (Å²) in [6, 6.07) is 8.05. The van der Waals surface area contributed by atoms with Gasteiger partial charge in [0.25, 0.3) is 0 Å². The molecule has 0 unspecified atom stereocenters. The summed E-state index contributed by atoms with van der Waals surface area (Å²) in [6.07, 6.45) is 2.48. The fourth-order valence-corrected chi connectivity index (χ4v) is 1.79. The van der Waals surface area contributed by atoms with E-state index in [1.807, 2.05) is 36.1 Å². The monoisotopic (exact) mass is 219 g/mol. The molecule has 0 saturated heterocycles. The Morgan fingerprint density at radius 2 is 2.00 bits per heavy atom. The summed E-state index contributed by atoms with van der Waals surface area (Å²) in [4.78, 5) is 12.8. The van der Waals surface area contributed by atoms with Crippen molar-refractivity contribution in [2.75, 3.05) is 18.0 Å². The first kappa shape index (κ1) is 11.0. The zero-order valence-corrected chi connectivity index (χ0v) is 9.52. The highest BCUT2D eigenvalue weighted by molar-refractivity contribution is 5.73. The Morgan fingerprint density at radius 1 is 1.38 bits per heavy atom.